The van der Waals surface area contributed by atoms with Crippen LogP contribution in [0.15, 0.2) is 89.2 Å². The van der Waals surface area contributed by atoms with Crippen LogP contribution in [0.2, 0.25) is 10.3 Å². The highest BCUT2D eigenvalue weighted by molar-refractivity contribution is 7.98. The number of thioether (sulfide) groups is 1. The molecule has 0 saturated heterocycles. The molecule has 0 aliphatic carbocycles. The average molecular weight is 951 g/mol. The number of amides is 1. The molecular weight excluding hydrogens is 906 g/mol. The van der Waals surface area contributed by atoms with Crippen molar-refractivity contribution in [3.05, 3.63) is 128 Å². The maximum Gasteiger partial charge on any atom is 0.416 e. The van der Waals surface area contributed by atoms with Crippen molar-refractivity contribution >= 4 is 52.8 Å². The Labute approximate surface area is 379 Å². The van der Waals surface area contributed by atoms with Gasteiger partial charge in [0.2, 0.25) is 5.91 Å². The van der Waals surface area contributed by atoms with Gasteiger partial charge in [-0.1, -0.05) is 85.2 Å². The number of benzene rings is 2. The van der Waals surface area contributed by atoms with Crippen LogP contribution in [0.3, 0.4) is 0 Å². The maximum atomic E-state index is 14.3. The van der Waals surface area contributed by atoms with E-state index >= 15 is 0 Å². The van der Waals surface area contributed by atoms with Crippen LogP contribution in [0.5, 0.6) is 6.01 Å². The highest BCUT2D eigenvalue weighted by Crippen LogP contribution is 2.31. The second-order valence-corrected chi connectivity index (χ2v) is 15.5. The molecule has 2 atom stereocenters. The first-order chi connectivity index (χ1) is 30.3. The Hall–Kier alpha value is -5.64. The lowest BCUT2D eigenvalue weighted by molar-refractivity contribution is -0.165. The minimum absolute atomic E-state index is 0.110. The van der Waals surface area contributed by atoms with Crippen LogP contribution in [0, 0.1) is 0 Å². The summed E-state index contributed by atoms with van der Waals surface area (Å²) in [7, 11) is 1.46. The first kappa shape index (κ1) is 51.0. The van der Waals surface area contributed by atoms with E-state index in [1.807, 2.05) is 24.3 Å². The van der Waals surface area contributed by atoms with Gasteiger partial charge in [0.15, 0.2) is 17.4 Å². The number of likely N-dealkylation sites (N-methyl/N-ethyl adjacent to an activating group) is 1. The predicted octanol–water partition coefficient (Wildman–Crippen LogP) is 5.56. The minimum atomic E-state index is -4.41. The smallest absolute Gasteiger partial charge is 0.416 e. The molecule has 3 heterocycles. The number of rotatable bonds is 19. The summed E-state index contributed by atoms with van der Waals surface area (Å²) in [5, 5.41) is 33.3. The Morgan fingerprint density at radius 3 is 1.88 bits per heavy atom. The van der Waals surface area contributed by atoms with Crippen molar-refractivity contribution < 1.29 is 52.7 Å². The molecule has 5 aromatic rings. The Kier molecular flexibility index (Phi) is 19.0. The molecule has 0 spiro atoms. The predicted molar refractivity (Wildman–Crippen MR) is 231 cm³/mol. The summed E-state index contributed by atoms with van der Waals surface area (Å²) in [6.07, 6.45) is -3.98. The van der Waals surface area contributed by atoms with Crippen LogP contribution in [-0.4, -0.2) is 118 Å². The molecule has 0 bridgehead atoms. The van der Waals surface area contributed by atoms with Crippen molar-refractivity contribution in [3.63, 3.8) is 0 Å². The van der Waals surface area contributed by atoms with E-state index in [1.165, 1.54) is 31.0 Å². The van der Waals surface area contributed by atoms with Gasteiger partial charge in [0, 0.05) is 56.0 Å². The fourth-order valence-corrected chi connectivity index (χ4v) is 7.26. The summed E-state index contributed by atoms with van der Waals surface area (Å²) in [5.41, 5.74) is 2.86. The third kappa shape index (κ3) is 15.3. The van der Waals surface area contributed by atoms with Crippen LogP contribution in [-0.2, 0) is 45.8 Å². The number of carboxylic acids is 2. The minimum Gasteiger partial charge on any atom is -0.479 e. The SMILES string of the molecule is CCN(CC)CCN(Cc1ccc(-c2ccc(C(F)(F)F)cc2)cc1)C(=O)Cn1cc(Cc2cnc(OC)nc2)c(=O)nc1SCc1cc(Cl)nc(Cl)c1.O=C(O)C(O)C(O)C(=O)O. The van der Waals surface area contributed by atoms with E-state index in [2.05, 4.69) is 38.7 Å². The standard InChI is InChI=1S/C38H38Cl2F3N7O3S.C4H6O6/c1-4-48(5-2)14-15-49(21-25-6-8-28(9-7-25)29-10-12-31(13-11-29)38(41,42)43)34(51)23-50-22-30(16-27-19-44-36(53-3)45-20-27)35(52)47-37(50)54-24-26-17-32(39)46-33(40)18-26;5-1(3(7)8)2(6)4(9)10/h6-13,17-20,22H,4-5,14-16,21,23-24H2,1-3H3;1-2,5-6H,(H,7,8)(H,9,10). The number of pyridine rings is 1. The zero-order chi connectivity index (χ0) is 47.1. The van der Waals surface area contributed by atoms with Gasteiger partial charge >= 0.3 is 24.1 Å². The second kappa shape index (κ2) is 23.9. The molecule has 2 aromatic carbocycles. The fourth-order valence-electron chi connectivity index (χ4n) is 5.86. The first-order valence-corrected chi connectivity index (χ1v) is 21.0. The molecule has 0 fully saturated rings. The number of alkyl halides is 3. The number of carbonyl (C=O) groups excluding carboxylic acids is 1. The van der Waals surface area contributed by atoms with E-state index in [0.717, 1.165) is 41.9 Å². The van der Waals surface area contributed by atoms with Gasteiger partial charge in [-0.3, -0.25) is 9.59 Å². The molecular formula is C42H44Cl2F3N7O9S. The van der Waals surface area contributed by atoms with Crippen molar-refractivity contribution in [2.24, 2.45) is 0 Å². The van der Waals surface area contributed by atoms with E-state index in [9.17, 15) is 32.3 Å². The lowest BCUT2D eigenvalue weighted by Gasteiger charge is -2.27. The van der Waals surface area contributed by atoms with Gasteiger partial charge < -0.3 is 39.5 Å². The Morgan fingerprint density at radius 1 is 0.828 bits per heavy atom. The third-order valence-electron chi connectivity index (χ3n) is 9.40. The second-order valence-electron chi connectivity index (χ2n) is 13.8. The van der Waals surface area contributed by atoms with Crippen molar-refractivity contribution in [3.8, 4) is 17.1 Å². The van der Waals surface area contributed by atoms with Crippen LogP contribution in [0.25, 0.3) is 11.1 Å². The van der Waals surface area contributed by atoms with E-state index in [-0.39, 0.29) is 41.7 Å². The highest BCUT2D eigenvalue weighted by atomic mass is 35.5. The molecule has 3 aromatic heterocycles. The monoisotopic (exact) mass is 949 g/mol. The maximum absolute atomic E-state index is 14.3. The number of aliphatic hydroxyl groups is 2. The third-order valence-corrected chi connectivity index (χ3v) is 10.8. The molecule has 0 radical (unpaired) electrons. The molecule has 342 valence electrons. The number of aliphatic carboxylic acids is 2. The number of carbonyl (C=O) groups is 3. The molecule has 4 N–H and O–H groups in total. The van der Waals surface area contributed by atoms with E-state index in [0.29, 0.717) is 40.7 Å². The number of aromatic nitrogens is 5. The summed E-state index contributed by atoms with van der Waals surface area (Å²) in [6.45, 7) is 6.99. The van der Waals surface area contributed by atoms with Crippen molar-refractivity contribution in [1.29, 1.82) is 0 Å². The van der Waals surface area contributed by atoms with Gasteiger partial charge in [-0.2, -0.15) is 18.2 Å². The van der Waals surface area contributed by atoms with Gasteiger partial charge in [-0.05, 0) is 65.2 Å². The van der Waals surface area contributed by atoms with Crippen molar-refractivity contribution in [2.75, 3.05) is 33.3 Å². The lowest BCUT2D eigenvalue weighted by Crippen LogP contribution is -2.40. The molecule has 0 saturated carbocycles. The number of halogens is 5. The first-order valence-electron chi connectivity index (χ1n) is 19.3. The number of hydrogen-bond acceptors (Lipinski definition) is 13. The largest absolute Gasteiger partial charge is 0.479 e. The summed E-state index contributed by atoms with van der Waals surface area (Å²) < 4.78 is 46.0. The van der Waals surface area contributed by atoms with Crippen LogP contribution in [0.1, 0.15) is 41.7 Å². The average Bonchev–Trinajstić information content (AvgIpc) is 3.26. The quantitative estimate of drug-likeness (QED) is 0.0452. The fraction of sp³-hybridized carbons (Fsp3) is 0.333. The summed E-state index contributed by atoms with van der Waals surface area (Å²) >= 11 is 13.5. The number of ether oxygens (including phenoxy) is 1. The Balaban J connectivity index is 0.000000800. The number of nitrogens with zero attached hydrogens (tertiary/aromatic N) is 7. The van der Waals surface area contributed by atoms with Gasteiger partial charge in [0.05, 0.1) is 12.7 Å². The summed E-state index contributed by atoms with van der Waals surface area (Å²) in [4.78, 5) is 67.8. The normalized spacial score (nSPS) is 12.2. The van der Waals surface area contributed by atoms with E-state index in [1.54, 1.807) is 40.2 Å². The molecule has 2 unspecified atom stereocenters. The number of methoxy groups -OCH3 is 1. The molecule has 22 heteroatoms. The van der Waals surface area contributed by atoms with Gasteiger partial charge in [-0.25, -0.2) is 24.5 Å². The zero-order valence-electron chi connectivity index (χ0n) is 34.6. The van der Waals surface area contributed by atoms with E-state index < -0.39 is 41.4 Å². The van der Waals surface area contributed by atoms with Crippen LogP contribution in [0.4, 0.5) is 13.2 Å². The van der Waals surface area contributed by atoms with Gasteiger partial charge in [0.1, 0.15) is 16.9 Å². The molecule has 1 amide bonds. The van der Waals surface area contributed by atoms with Gasteiger partial charge in [0.25, 0.3) is 5.56 Å². The lowest BCUT2D eigenvalue weighted by atomic mass is 10.0. The topological polar surface area (TPSA) is 221 Å². The van der Waals surface area contributed by atoms with Gasteiger partial charge in [-0.15, -0.1) is 0 Å². The number of carboxylic acid groups (broad SMARTS) is 2. The molecule has 16 nitrogen and oxygen atoms in total. The zero-order valence-corrected chi connectivity index (χ0v) is 36.9. The number of hydrogen-bond donors (Lipinski definition) is 4. The van der Waals surface area contributed by atoms with Crippen molar-refractivity contribution in [2.45, 2.75) is 62.7 Å². The Morgan fingerprint density at radius 2 is 1.38 bits per heavy atom. The Bertz CT molecular complexity index is 2370. The van der Waals surface area contributed by atoms with Crippen LogP contribution < -0.4 is 10.3 Å². The molecule has 64 heavy (non-hydrogen) atoms. The van der Waals surface area contributed by atoms with Crippen molar-refractivity contribution in [1.82, 2.24) is 34.3 Å². The molecule has 5 rings (SSSR count). The van der Waals surface area contributed by atoms with Crippen LogP contribution >= 0.6 is 35.0 Å². The highest BCUT2D eigenvalue weighted by Gasteiger charge is 2.30. The molecule has 0 aliphatic heterocycles. The molecule has 0 aliphatic rings. The van der Waals surface area contributed by atoms with E-state index in [4.69, 9.17) is 48.4 Å². The summed E-state index contributed by atoms with van der Waals surface area (Å²) in [6, 6.07) is 15.9. The summed E-state index contributed by atoms with van der Waals surface area (Å²) in [5.74, 6) is -3.38. The number of aliphatic hydroxyl groups excluding tert-OH is 2.